The van der Waals surface area contributed by atoms with Gasteiger partial charge in [-0.1, -0.05) is 6.07 Å². The number of ether oxygens (including phenoxy) is 1. The first-order valence-electron chi connectivity index (χ1n) is 13.2. The van der Waals surface area contributed by atoms with Gasteiger partial charge in [-0.05, 0) is 31.0 Å². The molecule has 4 rings (SSSR count). The van der Waals surface area contributed by atoms with E-state index in [0.717, 1.165) is 12.8 Å². The van der Waals surface area contributed by atoms with Gasteiger partial charge in [0.25, 0.3) is 5.91 Å². The van der Waals surface area contributed by atoms with Crippen molar-refractivity contribution in [1.82, 2.24) is 30.6 Å². The zero-order valence-electron chi connectivity index (χ0n) is 23.4. The minimum Gasteiger partial charge on any atom is -0.494 e. The van der Waals surface area contributed by atoms with Gasteiger partial charge >= 0.3 is 0 Å². The van der Waals surface area contributed by atoms with Crippen molar-refractivity contribution in [3.63, 3.8) is 0 Å². The van der Waals surface area contributed by atoms with E-state index in [4.69, 9.17) is 14.1 Å². The second kappa shape index (κ2) is 11.8. The predicted octanol–water partition coefficient (Wildman–Crippen LogP) is 1.83. The Kier molecular flexibility index (Phi) is 6.92. The van der Waals surface area contributed by atoms with Crippen molar-refractivity contribution in [1.29, 1.82) is 5.26 Å². The monoisotopic (exact) mass is 520 g/mol. The fourth-order valence-electron chi connectivity index (χ4n) is 3.62. The van der Waals surface area contributed by atoms with Crippen molar-refractivity contribution in [3.8, 4) is 23.1 Å². The lowest BCUT2D eigenvalue weighted by molar-refractivity contribution is -0.120. The molecule has 1 aliphatic rings. The van der Waals surface area contributed by atoms with Gasteiger partial charge in [0.1, 0.15) is 6.42 Å². The summed E-state index contributed by atoms with van der Waals surface area (Å²) in [7, 11) is 1.46. The third-order valence-corrected chi connectivity index (χ3v) is 5.63. The van der Waals surface area contributed by atoms with Gasteiger partial charge in [0, 0.05) is 41.4 Å². The first kappa shape index (κ1) is 22.2. The summed E-state index contributed by atoms with van der Waals surface area (Å²) in [6, 6.07) is 10.1. The molecule has 0 saturated heterocycles. The Balaban J connectivity index is 1.61. The average molecular weight is 521 g/mol. The van der Waals surface area contributed by atoms with Crippen molar-refractivity contribution >= 4 is 34.9 Å². The molecule has 3 amide bonds. The minimum atomic E-state index is -2.76. The number of carbonyl (C=O) groups excluding carboxylic acids is 3. The van der Waals surface area contributed by atoms with E-state index in [1.54, 1.807) is 41.2 Å². The van der Waals surface area contributed by atoms with Crippen molar-refractivity contribution in [2.75, 3.05) is 31.3 Å². The van der Waals surface area contributed by atoms with Crippen molar-refractivity contribution in [2.45, 2.75) is 25.8 Å². The van der Waals surface area contributed by atoms with Crippen molar-refractivity contribution in [2.24, 2.45) is 5.92 Å². The van der Waals surface area contributed by atoms with Gasteiger partial charge in [-0.15, -0.1) is 10.2 Å². The average Bonchev–Trinajstić information content (AvgIpc) is 3.66. The number of hydrogen-bond donors (Lipinski definition) is 4. The van der Waals surface area contributed by atoms with Gasteiger partial charge in [0.05, 0.1) is 36.8 Å². The molecule has 13 heteroatoms. The highest BCUT2D eigenvalue weighted by Crippen LogP contribution is 2.38. The molecule has 3 aromatic rings. The highest BCUT2D eigenvalue weighted by Gasteiger charge is 2.30. The highest BCUT2D eigenvalue weighted by atomic mass is 16.5. The number of carbonyl (C=O) groups is 3. The van der Waals surface area contributed by atoms with Crippen LogP contribution < -0.4 is 26.0 Å². The van der Waals surface area contributed by atoms with Crippen LogP contribution in [0.3, 0.4) is 0 Å². The summed E-state index contributed by atoms with van der Waals surface area (Å²) in [5.74, 6) is -1.22. The van der Waals surface area contributed by atoms with E-state index in [1.165, 1.54) is 13.2 Å². The number of anilines is 3. The summed E-state index contributed by atoms with van der Waals surface area (Å²) in [6.07, 6.45) is 3.06. The third-order valence-electron chi connectivity index (χ3n) is 5.63. The third kappa shape index (κ3) is 6.22. The molecular weight excluding hydrogens is 490 g/mol. The van der Waals surface area contributed by atoms with Gasteiger partial charge in [-0.25, -0.2) is 0 Å². The van der Waals surface area contributed by atoms with Crippen molar-refractivity contribution in [3.05, 3.63) is 42.2 Å². The number of methoxy groups -OCH3 is 1. The van der Waals surface area contributed by atoms with Crippen LogP contribution >= 0.6 is 0 Å². The van der Waals surface area contributed by atoms with E-state index in [0.29, 0.717) is 29.2 Å². The molecule has 0 spiro atoms. The normalized spacial score (nSPS) is 13.7. The Morgan fingerprint density at radius 1 is 1.24 bits per heavy atom. The number of para-hydroxylation sites is 1. The molecule has 0 radical (unpaired) electrons. The number of amides is 3. The first-order chi connectivity index (χ1) is 19.6. The largest absolute Gasteiger partial charge is 0.494 e. The fourth-order valence-corrected chi connectivity index (χ4v) is 3.62. The van der Waals surface area contributed by atoms with E-state index in [9.17, 15) is 14.4 Å². The standard InChI is InChI=1S/C25H27N9O4/c1-27-25(37)22-19(14-20(31-32-22)30-24(36)15-6-7-15)29-18-5-3-4-16(23(18)38-2)17-9-12-34(33-17)13-11-28-21(35)8-10-26/h3-5,9,12,14-15H,6-8,11,13H2,1-2H3,(H,27,37)(H,28,35)(H2,29,30,31,36)/i1D3. The Labute approximate surface area is 222 Å². The maximum absolute atomic E-state index is 12.7. The lowest BCUT2D eigenvalue weighted by Crippen LogP contribution is -2.26. The molecule has 1 fully saturated rings. The van der Waals surface area contributed by atoms with Crippen LogP contribution in [-0.4, -0.2) is 58.3 Å². The Hall–Kier alpha value is -4.99. The summed E-state index contributed by atoms with van der Waals surface area (Å²) in [5, 5.41) is 31.2. The molecular formula is C25H27N9O4. The summed E-state index contributed by atoms with van der Waals surface area (Å²) >= 11 is 0. The Morgan fingerprint density at radius 2 is 2.08 bits per heavy atom. The lowest BCUT2D eigenvalue weighted by Gasteiger charge is -2.16. The maximum atomic E-state index is 12.7. The van der Waals surface area contributed by atoms with E-state index in [1.807, 2.05) is 5.32 Å². The maximum Gasteiger partial charge on any atom is 0.273 e. The second-order valence-electron chi connectivity index (χ2n) is 8.37. The molecule has 2 aromatic heterocycles. The highest BCUT2D eigenvalue weighted by molar-refractivity contribution is 6.00. The van der Waals surface area contributed by atoms with Gasteiger partial charge < -0.3 is 26.0 Å². The number of nitrogens with zero attached hydrogens (tertiary/aromatic N) is 5. The van der Waals surface area contributed by atoms with E-state index >= 15 is 0 Å². The molecule has 196 valence electrons. The zero-order chi connectivity index (χ0) is 29.6. The zero-order valence-corrected chi connectivity index (χ0v) is 20.4. The van der Waals surface area contributed by atoms with Crippen LogP contribution in [0.2, 0.25) is 0 Å². The molecule has 13 nitrogen and oxygen atoms in total. The number of aromatic nitrogens is 4. The molecule has 0 bridgehead atoms. The number of nitrogens with one attached hydrogen (secondary N) is 4. The van der Waals surface area contributed by atoms with E-state index in [2.05, 4.69) is 31.2 Å². The molecule has 4 N–H and O–H groups in total. The van der Waals surface area contributed by atoms with Crippen molar-refractivity contribution < 1.29 is 23.2 Å². The van der Waals surface area contributed by atoms with Gasteiger partial charge in [-0.3, -0.25) is 19.1 Å². The summed E-state index contributed by atoms with van der Waals surface area (Å²) in [6.45, 7) is -2.10. The topological polar surface area (TPSA) is 176 Å². The quantitative estimate of drug-likeness (QED) is 0.294. The van der Waals surface area contributed by atoms with Crippen LogP contribution in [0.25, 0.3) is 11.3 Å². The van der Waals surface area contributed by atoms with Crippen LogP contribution in [0, 0.1) is 17.2 Å². The number of nitriles is 1. The minimum absolute atomic E-state index is 0.0851. The SMILES string of the molecule is [2H]C([2H])([2H])NC(=O)c1nnc(NC(=O)C2CC2)cc1Nc1cccc(-c2ccn(CCNC(=O)CC#N)n2)c1OC. The van der Waals surface area contributed by atoms with Gasteiger partial charge in [-0.2, -0.15) is 10.4 Å². The summed E-state index contributed by atoms with van der Waals surface area (Å²) < 4.78 is 29.4. The molecule has 1 saturated carbocycles. The molecule has 2 heterocycles. The fraction of sp³-hybridized carbons (Fsp3) is 0.320. The first-order valence-corrected chi connectivity index (χ1v) is 11.7. The van der Waals surface area contributed by atoms with E-state index < -0.39 is 12.9 Å². The number of rotatable bonds is 11. The van der Waals surface area contributed by atoms with Crippen LogP contribution in [0.4, 0.5) is 17.2 Å². The molecule has 1 aromatic carbocycles. The Morgan fingerprint density at radius 3 is 2.82 bits per heavy atom. The van der Waals surface area contributed by atoms with Gasteiger partial charge in [0.15, 0.2) is 17.3 Å². The summed E-state index contributed by atoms with van der Waals surface area (Å²) in [5.41, 5.74) is 1.34. The smallest absolute Gasteiger partial charge is 0.273 e. The number of benzene rings is 1. The van der Waals surface area contributed by atoms with E-state index in [-0.39, 0.29) is 47.9 Å². The molecule has 0 atom stereocenters. The van der Waals surface area contributed by atoms with Crippen LogP contribution in [-0.2, 0) is 16.1 Å². The predicted molar refractivity (Wildman–Crippen MR) is 138 cm³/mol. The molecule has 1 aliphatic carbocycles. The van der Waals surface area contributed by atoms with Crippen LogP contribution in [0.15, 0.2) is 36.5 Å². The van der Waals surface area contributed by atoms with Crippen LogP contribution in [0.5, 0.6) is 5.75 Å². The van der Waals surface area contributed by atoms with Crippen LogP contribution in [0.1, 0.15) is 33.9 Å². The molecule has 0 aliphatic heterocycles. The summed E-state index contributed by atoms with van der Waals surface area (Å²) in [4.78, 5) is 36.5. The number of hydrogen-bond acceptors (Lipinski definition) is 9. The Bertz CT molecular complexity index is 1500. The lowest BCUT2D eigenvalue weighted by atomic mass is 10.1. The van der Waals surface area contributed by atoms with Gasteiger partial charge in [0.2, 0.25) is 11.8 Å². The molecule has 0 unspecified atom stereocenters. The second-order valence-corrected chi connectivity index (χ2v) is 8.37. The molecule has 38 heavy (non-hydrogen) atoms.